The van der Waals surface area contributed by atoms with Crippen molar-refractivity contribution in [3.8, 4) is 16.9 Å². The first-order valence-electron chi connectivity index (χ1n) is 7.92. The summed E-state index contributed by atoms with van der Waals surface area (Å²) in [5, 5.41) is 15.2. The molecule has 0 amide bonds. The van der Waals surface area contributed by atoms with Crippen LogP contribution in [0.2, 0.25) is 0 Å². The minimum Gasteiger partial charge on any atom is -0.349 e. The highest BCUT2D eigenvalue weighted by Gasteiger charge is 2.09. The molecule has 2 heterocycles. The van der Waals surface area contributed by atoms with Crippen LogP contribution in [0.4, 0.5) is 10.3 Å². The molecule has 0 unspecified atom stereocenters. The van der Waals surface area contributed by atoms with Crippen molar-refractivity contribution in [3.05, 3.63) is 78.8 Å². The van der Waals surface area contributed by atoms with Gasteiger partial charge in [0.25, 0.3) is 0 Å². The Morgan fingerprint density at radius 3 is 2.73 bits per heavy atom. The van der Waals surface area contributed by atoms with E-state index in [1.54, 1.807) is 29.2 Å². The SMILES string of the molecule is Fc1ccccc1-c1cnnc(NCc2ccccc2-n2cncn2)n1. The van der Waals surface area contributed by atoms with Gasteiger partial charge < -0.3 is 5.32 Å². The zero-order chi connectivity index (χ0) is 17.8. The average Bonchev–Trinajstić information content (AvgIpc) is 3.22. The van der Waals surface area contributed by atoms with Crippen LogP contribution in [0.1, 0.15) is 5.56 Å². The van der Waals surface area contributed by atoms with E-state index in [1.807, 2.05) is 24.3 Å². The summed E-state index contributed by atoms with van der Waals surface area (Å²) >= 11 is 0. The maximum absolute atomic E-state index is 13.9. The number of aromatic nitrogens is 6. The Morgan fingerprint density at radius 1 is 1.04 bits per heavy atom. The van der Waals surface area contributed by atoms with E-state index >= 15 is 0 Å². The lowest BCUT2D eigenvalue weighted by Gasteiger charge is -2.10. The van der Waals surface area contributed by atoms with E-state index in [0.717, 1.165) is 11.3 Å². The molecule has 1 N–H and O–H groups in total. The second-order valence-electron chi connectivity index (χ2n) is 5.47. The van der Waals surface area contributed by atoms with Gasteiger partial charge in [-0.25, -0.2) is 19.0 Å². The van der Waals surface area contributed by atoms with Gasteiger partial charge in [0, 0.05) is 12.1 Å². The van der Waals surface area contributed by atoms with Crippen LogP contribution >= 0.6 is 0 Å². The third-order valence-electron chi connectivity index (χ3n) is 3.80. The van der Waals surface area contributed by atoms with Gasteiger partial charge in [-0.15, -0.1) is 5.10 Å². The standard InChI is InChI=1S/C18H14FN7/c19-15-7-3-2-6-14(15)16-10-22-25-18(24-16)21-9-13-5-1-4-8-17(13)26-12-20-11-23-26/h1-8,10-12H,9H2,(H,21,24,25). The van der Waals surface area contributed by atoms with E-state index in [0.29, 0.717) is 23.8 Å². The van der Waals surface area contributed by atoms with Crippen molar-refractivity contribution in [3.63, 3.8) is 0 Å². The molecule has 4 rings (SSSR count). The van der Waals surface area contributed by atoms with Crippen molar-refractivity contribution in [1.29, 1.82) is 0 Å². The highest BCUT2D eigenvalue weighted by atomic mass is 19.1. The van der Waals surface area contributed by atoms with Crippen LogP contribution in [0.5, 0.6) is 0 Å². The van der Waals surface area contributed by atoms with Crippen molar-refractivity contribution in [2.45, 2.75) is 6.54 Å². The molecule has 2 aromatic carbocycles. The molecule has 0 atom stereocenters. The van der Waals surface area contributed by atoms with Gasteiger partial charge in [0.15, 0.2) is 0 Å². The van der Waals surface area contributed by atoms with Gasteiger partial charge >= 0.3 is 0 Å². The third-order valence-corrected chi connectivity index (χ3v) is 3.80. The largest absolute Gasteiger partial charge is 0.349 e. The maximum Gasteiger partial charge on any atom is 0.243 e. The molecule has 26 heavy (non-hydrogen) atoms. The molecule has 0 aliphatic carbocycles. The van der Waals surface area contributed by atoms with Crippen LogP contribution in [-0.2, 0) is 6.54 Å². The highest BCUT2D eigenvalue weighted by molar-refractivity contribution is 5.59. The van der Waals surface area contributed by atoms with Crippen molar-refractivity contribution >= 4 is 5.95 Å². The number of hydrogen-bond donors (Lipinski definition) is 1. The summed E-state index contributed by atoms with van der Waals surface area (Å²) < 4.78 is 15.6. The first kappa shape index (κ1) is 15.8. The Morgan fingerprint density at radius 2 is 1.88 bits per heavy atom. The van der Waals surface area contributed by atoms with E-state index in [2.05, 4.69) is 30.6 Å². The quantitative estimate of drug-likeness (QED) is 0.598. The summed E-state index contributed by atoms with van der Waals surface area (Å²) in [7, 11) is 0. The van der Waals surface area contributed by atoms with Gasteiger partial charge in [-0.1, -0.05) is 30.3 Å². The second-order valence-corrected chi connectivity index (χ2v) is 5.47. The number of halogens is 1. The fourth-order valence-electron chi connectivity index (χ4n) is 2.57. The monoisotopic (exact) mass is 347 g/mol. The van der Waals surface area contributed by atoms with Crippen molar-refractivity contribution in [1.82, 2.24) is 29.9 Å². The maximum atomic E-state index is 13.9. The Labute approximate surface area is 148 Å². The normalized spacial score (nSPS) is 10.7. The molecule has 0 radical (unpaired) electrons. The summed E-state index contributed by atoms with van der Waals surface area (Å²) in [4.78, 5) is 8.32. The van der Waals surface area contributed by atoms with Crippen LogP contribution in [-0.4, -0.2) is 29.9 Å². The molecule has 0 aliphatic rings. The predicted molar refractivity (Wildman–Crippen MR) is 93.9 cm³/mol. The number of nitrogens with one attached hydrogen (secondary N) is 1. The topological polar surface area (TPSA) is 81.4 Å². The Bertz CT molecular complexity index is 1020. The van der Waals surface area contributed by atoms with Crippen LogP contribution in [0, 0.1) is 5.82 Å². The van der Waals surface area contributed by atoms with Crippen molar-refractivity contribution in [2.24, 2.45) is 0 Å². The van der Waals surface area contributed by atoms with E-state index in [4.69, 9.17) is 0 Å². The first-order chi connectivity index (χ1) is 12.8. The molecule has 0 bridgehead atoms. The van der Waals surface area contributed by atoms with Crippen LogP contribution in [0.15, 0.2) is 67.4 Å². The minimum atomic E-state index is -0.351. The molecular weight excluding hydrogens is 333 g/mol. The van der Waals surface area contributed by atoms with Crippen LogP contribution in [0.3, 0.4) is 0 Å². The molecule has 128 valence electrons. The van der Waals surface area contributed by atoms with Gasteiger partial charge in [0.1, 0.15) is 18.5 Å². The Balaban J connectivity index is 1.57. The van der Waals surface area contributed by atoms with Gasteiger partial charge in [-0.2, -0.15) is 10.2 Å². The zero-order valence-corrected chi connectivity index (χ0v) is 13.6. The fraction of sp³-hybridized carbons (Fsp3) is 0.0556. The lowest BCUT2D eigenvalue weighted by Crippen LogP contribution is -2.08. The summed E-state index contributed by atoms with van der Waals surface area (Å²) in [5.41, 5.74) is 2.69. The van der Waals surface area contributed by atoms with E-state index in [-0.39, 0.29) is 5.82 Å². The summed E-state index contributed by atoms with van der Waals surface area (Å²) in [6.07, 6.45) is 4.55. The first-order valence-corrected chi connectivity index (χ1v) is 7.92. The summed E-state index contributed by atoms with van der Waals surface area (Å²) in [6.45, 7) is 0.457. The molecule has 2 aromatic heterocycles. The van der Waals surface area contributed by atoms with E-state index in [1.165, 1.54) is 18.6 Å². The summed E-state index contributed by atoms with van der Waals surface area (Å²) in [5.74, 6) is -0.0328. The van der Waals surface area contributed by atoms with Crippen molar-refractivity contribution in [2.75, 3.05) is 5.32 Å². The number of rotatable bonds is 5. The average molecular weight is 347 g/mol. The number of nitrogens with zero attached hydrogens (tertiary/aromatic N) is 6. The lowest BCUT2D eigenvalue weighted by atomic mass is 10.1. The Hall–Kier alpha value is -3.68. The molecule has 0 saturated carbocycles. The predicted octanol–water partition coefficient (Wildman–Crippen LogP) is 2.87. The number of hydrogen-bond acceptors (Lipinski definition) is 6. The van der Waals surface area contributed by atoms with Gasteiger partial charge in [0.2, 0.25) is 5.95 Å². The molecule has 0 fully saturated rings. The van der Waals surface area contributed by atoms with Crippen LogP contribution in [0.25, 0.3) is 16.9 Å². The van der Waals surface area contributed by atoms with Crippen molar-refractivity contribution < 1.29 is 4.39 Å². The molecule has 7 nitrogen and oxygen atoms in total. The van der Waals surface area contributed by atoms with Gasteiger partial charge in [-0.05, 0) is 23.8 Å². The number of benzene rings is 2. The zero-order valence-electron chi connectivity index (χ0n) is 13.6. The second kappa shape index (κ2) is 7.06. The molecule has 0 aliphatic heterocycles. The summed E-state index contributed by atoms with van der Waals surface area (Å²) in [6, 6.07) is 14.2. The minimum absolute atomic E-state index is 0.319. The molecule has 8 heteroatoms. The molecule has 4 aromatic rings. The fourth-order valence-corrected chi connectivity index (χ4v) is 2.57. The highest BCUT2D eigenvalue weighted by Crippen LogP contribution is 2.20. The van der Waals surface area contributed by atoms with Crippen LogP contribution < -0.4 is 5.32 Å². The molecular formula is C18H14FN7. The Kier molecular flexibility index (Phi) is 4.29. The van der Waals surface area contributed by atoms with E-state index in [9.17, 15) is 4.39 Å². The third kappa shape index (κ3) is 3.25. The van der Waals surface area contributed by atoms with Gasteiger partial charge in [-0.3, -0.25) is 0 Å². The number of para-hydroxylation sites is 1. The number of anilines is 1. The smallest absolute Gasteiger partial charge is 0.243 e. The molecule has 0 saturated heterocycles. The van der Waals surface area contributed by atoms with Gasteiger partial charge in [0.05, 0.1) is 17.6 Å². The molecule has 0 spiro atoms. The van der Waals surface area contributed by atoms with E-state index < -0.39 is 0 Å². The lowest BCUT2D eigenvalue weighted by molar-refractivity contribution is 0.630.